The summed E-state index contributed by atoms with van der Waals surface area (Å²) in [5.41, 5.74) is 1.80. The number of carbonyl (C=O) groups excluding carboxylic acids is 1. The van der Waals surface area contributed by atoms with E-state index < -0.39 is 0 Å². The third kappa shape index (κ3) is 3.93. The van der Waals surface area contributed by atoms with Crippen molar-refractivity contribution in [1.82, 2.24) is 4.98 Å². The summed E-state index contributed by atoms with van der Waals surface area (Å²) in [4.78, 5) is 17.2. The Morgan fingerprint density at radius 3 is 2.35 bits per heavy atom. The monoisotopic (exact) mass is 406 g/mol. The minimum Gasteiger partial charge on any atom is -0.439 e. The van der Waals surface area contributed by atoms with Crippen molar-refractivity contribution in [2.24, 2.45) is 0 Å². The highest BCUT2D eigenvalue weighted by Gasteiger charge is 2.16. The van der Waals surface area contributed by atoms with Crippen LogP contribution < -0.4 is 9.64 Å². The van der Waals surface area contributed by atoms with Crippen molar-refractivity contribution in [3.8, 4) is 11.6 Å². The Morgan fingerprint density at radius 1 is 1.04 bits per heavy atom. The van der Waals surface area contributed by atoms with Gasteiger partial charge < -0.3 is 4.74 Å². The minimum atomic E-state index is 0.363. The number of para-hydroxylation sites is 1. The number of hydrogen-bond acceptors (Lipinski definition) is 3. The molecular weight excluding hydrogens is 395 g/mol. The fourth-order valence-electron chi connectivity index (χ4n) is 2.38. The maximum absolute atomic E-state index is 11.6. The number of rotatable bonds is 5. The average Bonchev–Trinajstić information content (AvgIpc) is 2.62. The van der Waals surface area contributed by atoms with Gasteiger partial charge in [0.05, 0.1) is 27.6 Å². The quantitative estimate of drug-likeness (QED) is 0.457. The van der Waals surface area contributed by atoms with Crippen molar-refractivity contribution in [3.63, 3.8) is 0 Å². The molecule has 7 heteroatoms. The Bertz CT molecular complexity index is 926. The summed E-state index contributed by atoms with van der Waals surface area (Å²) >= 11 is 18.3. The van der Waals surface area contributed by atoms with Crippen LogP contribution in [0.15, 0.2) is 54.7 Å². The molecule has 1 amide bonds. The molecule has 2 aromatic carbocycles. The van der Waals surface area contributed by atoms with Crippen LogP contribution >= 0.6 is 34.8 Å². The Labute approximate surface area is 165 Å². The van der Waals surface area contributed by atoms with Gasteiger partial charge in [0.25, 0.3) is 0 Å². The molecule has 1 heterocycles. The number of aryl methyl sites for hydroxylation is 1. The zero-order chi connectivity index (χ0) is 18.7. The van der Waals surface area contributed by atoms with Gasteiger partial charge in [-0.25, -0.2) is 4.98 Å². The Hall–Kier alpha value is -2.27. The fraction of sp³-hybridized carbons (Fsp3) is 0.0526. The van der Waals surface area contributed by atoms with E-state index in [0.717, 1.165) is 5.56 Å². The highest BCUT2D eigenvalue weighted by atomic mass is 35.5. The van der Waals surface area contributed by atoms with E-state index in [9.17, 15) is 4.79 Å². The molecule has 26 heavy (non-hydrogen) atoms. The maximum Gasteiger partial charge on any atom is 0.219 e. The highest BCUT2D eigenvalue weighted by Crippen LogP contribution is 2.37. The van der Waals surface area contributed by atoms with Crippen LogP contribution in [-0.2, 0) is 4.79 Å². The number of benzene rings is 2. The number of amides is 1. The van der Waals surface area contributed by atoms with Crippen molar-refractivity contribution < 1.29 is 9.53 Å². The Morgan fingerprint density at radius 2 is 1.77 bits per heavy atom. The van der Waals surface area contributed by atoms with Crippen LogP contribution in [0, 0.1) is 6.92 Å². The van der Waals surface area contributed by atoms with E-state index in [-0.39, 0.29) is 0 Å². The summed E-state index contributed by atoms with van der Waals surface area (Å²) in [6.45, 7) is 1.89. The second-order valence-electron chi connectivity index (χ2n) is 5.41. The van der Waals surface area contributed by atoms with Crippen LogP contribution in [0.5, 0.6) is 11.6 Å². The summed E-state index contributed by atoms with van der Waals surface area (Å²) in [5, 5.41) is 1.36. The topological polar surface area (TPSA) is 42.4 Å². The van der Waals surface area contributed by atoms with Gasteiger partial charge in [-0.05, 0) is 48.9 Å². The van der Waals surface area contributed by atoms with Crippen molar-refractivity contribution in [3.05, 3.63) is 75.4 Å². The standard InChI is InChI=1S/C19H13Cl3N2O2/c1-12-9-13(20)5-7-17(12)26-18-8-6-14(10-23-18)24(11-25)19-15(21)3-2-4-16(19)22/h2-11H,1H3. The molecule has 132 valence electrons. The van der Waals surface area contributed by atoms with Crippen LogP contribution in [0.3, 0.4) is 0 Å². The largest absolute Gasteiger partial charge is 0.439 e. The van der Waals surface area contributed by atoms with Crippen LogP contribution in [0.1, 0.15) is 5.56 Å². The third-order valence-electron chi connectivity index (χ3n) is 3.63. The third-order valence-corrected chi connectivity index (χ3v) is 4.48. The lowest BCUT2D eigenvalue weighted by Crippen LogP contribution is -2.15. The molecule has 0 saturated carbocycles. The zero-order valence-electron chi connectivity index (χ0n) is 13.6. The summed E-state index contributed by atoms with van der Waals surface area (Å²) < 4.78 is 5.76. The van der Waals surface area contributed by atoms with E-state index in [1.54, 1.807) is 48.5 Å². The molecule has 0 unspecified atom stereocenters. The van der Waals surface area contributed by atoms with E-state index >= 15 is 0 Å². The fourth-order valence-corrected chi connectivity index (χ4v) is 3.18. The number of anilines is 2. The van der Waals surface area contributed by atoms with Gasteiger partial charge in [-0.15, -0.1) is 0 Å². The van der Waals surface area contributed by atoms with Crippen LogP contribution in [0.4, 0.5) is 11.4 Å². The van der Waals surface area contributed by atoms with E-state index in [1.807, 2.05) is 6.92 Å². The summed E-state index contributed by atoms with van der Waals surface area (Å²) in [7, 11) is 0. The first kappa shape index (κ1) is 18.5. The summed E-state index contributed by atoms with van der Waals surface area (Å²) in [6, 6.07) is 13.7. The molecule has 3 rings (SSSR count). The number of pyridine rings is 1. The second kappa shape index (κ2) is 7.96. The molecule has 4 nitrogen and oxygen atoms in total. The SMILES string of the molecule is Cc1cc(Cl)ccc1Oc1ccc(N(C=O)c2c(Cl)cccc2Cl)cn1. The van der Waals surface area contributed by atoms with Gasteiger partial charge in [-0.3, -0.25) is 9.69 Å². The van der Waals surface area contributed by atoms with Gasteiger partial charge in [0.1, 0.15) is 5.75 Å². The van der Waals surface area contributed by atoms with E-state index in [4.69, 9.17) is 39.5 Å². The molecule has 0 aliphatic rings. The van der Waals surface area contributed by atoms with Gasteiger partial charge in [0.2, 0.25) is 12.3 Å². The summed E-state index contributed by atoms with van der Waals surface area (Å²) in [6.07, 6.45) is 2.14. The van der Waals surface area contributed by atoms with Gasteiger partial charge >= 0.3 is 0 Å². The van der Waals surface area contributed by atoms with E-state index in [2.05, 4.69) is 4.98 Å². The normalized spacial score (nSPS) is 10.5. The number of nitrogens with zero attached hydrogens (tertiary/aromatic N) is 2. The first-order valence-electron chi connectivity index (χ1n) is 7.58. The first-order chi connectivity index (χ1) is 12.5. The number of hydrogen-bond donors (Lipinski definition) is 0. The van der Waals surface area contributed by atoms with Crippen molar-refractivity contribution in [2.75, 3.05) is 4.90 Å². The minimum absolute atomic E-state index is 0.363. The second-order valence-corrected chi connectivity index (χ2v) is 6.66. The predicted octanol–water partition coefficient (Wildman–Crippen LogP) is 6.44. The molecule has 0 saturated heterocycles. The predicted molar refractivity (Wildman–Crippen MR) is 105 cm³/mol. The molecular formula is C19H13Cl3N2O2. The smallest absolute Gasteiger partial charge is 0.219 e. The molecule has 0 bridgehead atoms. The number of aromatic nitrogens is 1. The zero-order valence-corrected chi connectivity index (χ0v) is 15.9. The molecule has 0 N–H and O–H groups in total. The maximum atomic E-state index is 11.6. The van der Waals surface area contributed by atoms with Gasteiger partial charge in [-0.2, -0.15) is 0 Å². The van der Waals surface area contributed by atoms with Crippen LogP contribution in [-0.4, -0.2) is 11.4 Å². The lowest BCUT2D eigenvalue weighted by Gasteiger charge is -2.20. The van der Waals surface area contributed by atoms with Gasteiger partial charge in [0, 0.05) is 11.1 Å². The lowest BCUT2D eigenvalue weighted by atomic mass is 10.2. The molecule has 0 spiro atoms. The van der Waals surface area contributed by atoms with Crippen molar-refractivity contribution in [2.45, 2.75) is 6.92 Å². The number of ether oxygens (including phenoxy) is 1. The number of carbonyl (C=O) groups is 1. The lowest BCUT2D eigenvalue weighted by molar-refractivity contribution is -0.106. The van der Waals surface area contributed by atoms with Crippen molar-refractivity contribution >= 4 is 52.6 Å². The molecule has 1 aromatic heterocycles. The number of halogens is 3. The molecule has 0 atom stereocenters. The first-order valence-corrected chi connectivity index (χ1v) is 8.71. The van der Waals surface area contributed by atoms with E-state index in [0.29, 0.717) is 44.5 Å². The summed E-state index contributed by atoms with van der Waals surface area (Å²) in [5.74, 6) is 1.03. The van der Waals surface area contributed by atoms with Gasteiger partial charge in [-0.1, -0.05) is 40.9 Å². The molecule has 0 radical (unpaired) electrons. The van der Waals surface area contributed by atoms with E-state index in [1.165, 1.54) is 11.1 Å². The molecule has 3 aromatic rings. The highest BCUT2D eigenvalue weighted by molar-refractivity contribution is 6.40. The van der Waals surface area contributed by atoms with Crippen molar-refractivity contribution in [1.29, 1.82) is 0 Å². The van der Waals surface area contributed by atoms with Crippen LogP contribution in [0.25, 0.3) is 0 Å². The Balaban J connectivity index is 1.87. The molecule has 0 aliphatic heterocycles. The Kier molecular flexibility index (Phi) is 5.67. The average molecular weight is 408 g/mol. The van der Waals surface area contributed by atoms with Gasteiger partial charge in [0.15, 0.2) is 0 Å². The van der Waals surface area contributed by atoms with Crippen LogP contribution in [0.2, 0.25) is 15.1 Å². The molecule has 0 aliphatic carbocycles. The molecule has 0 fully saturated rings.